The van der Waals surface area contributed by atoms with Crippen LogP contribution < -0.4 is 0 Å². The lowest BCUT2D eigenvalue weighted by Crippen LogP contribution is -2.61. The van der Waals surface area contributed by atoms with Crippen molar-refractivity contribution in [1.82, 2.24) is 0 Å². The SMILES string of the molecule is CC1=C(C)C(=O)OC([C@](C)(O)[C@H]2CC[C@H]3[C@@H]4CC=C5C[C@@H](O[C@@H]6O[C@H](CO)[C@@H](O)[C@H](O)[C@H]6O)CC(O)[C@]5(C)[C@H]4CC[C@@]32C)C1. The fourth-order valence-corrected chi connectivity index (χ4v) is 10.5. The van der Waals surface area contributed by atoms with E-state index in [1.54, 1.807) is 6.92 Å². The first-order chi connectivity index (χ1) is 20.6. The molecule has 0 aromatic rings. The first kappa shape index (κ1) is 32.6. The maximum Gasteiger partial charge on any atom is 0.334 e. The molecular formula is C34H52O10. The Balaban J connectivity index is 1.19. The van der Waals surface area contributed by atoms with Crippen molar-refractivity contribution in [2.24, 2.45) is 34.5 Å². The highest BCUT2D eigenvalue weighted by Crippen LogP contribution is 2.68. The van der Waals surface area contributed by atoms with Gasteiger partial charge in [0.05, 0.1) is 18.8 Å². The molecule has 2 aliphatic heterocycles. The summed E-state index contributed by atoms with van der Waals surface area (Å²) in [6, 6.07) is 0. The molecule has 6 aliphatic rings. The summed E-state index contributed by atoms with van der Waals surface area (Å²) in [5.74, 6) is 0.669. The molecule has 1 saturated heterocycles. The van der Waals surface area contributed by atoms with Gasteiger partial charge in [0.15, 0.2) is 6.29 Å². The summed E-state index contributed by atoms with van der Waals surface area (Å²) in [5, 5.41) is 64.2. The lowest BCUT2D eigenvalue weighted by Gasteiger charge is -2.60. The van der Waals surface area contributed by atoms with Gasteiger partial charge in [-0.3, -0.25) is 0 Å². The van der Waals surface area contributed by atoms with E-state index in [9.17, 15) is 35.4 Å². The summed E-state index contributed by atoms with van der Waals surface area (Å²) in [6.45, 7) is 9.57. The predicted octanol–water partition coefficient (Wildman–Crippen LogP) is 2.12. The number of ether oxygens (including phenoxy) is 3. The predicted molar refractivity (Wildman–Crippen MR) is 159 cm³/mol. The fourth-order valence-electron chi connectivity index (χ4n) is 10.5. The Bertz CT molecular complexity index is 1190. The molecule has 2 heterocycles. The molecule has 0 aromatic carbocycles. The molecule has 0 spiro atoms. The number of fused-ring (bicyclic) bond motifs is 5. The maximum atomic E-state index is 12.6. The summed E-state index contributed by atoms with van der Waals surface area (Å²) in [4.78, 5) is 12.6. The zero-order valence-electron chi connectivity index (χ0n) is 26.7. The number of esters is 1. The van der Waals surface area contributed by atoms with Crippen LogP contribution >= 0.6 is 0 Å². The number of cyclic esters (lactones) is 1. The summed E-state index contributed by atoms with van der Waals surface area (Å²) in [7, 11) is 0. The minimum absolute atomic E-state index is 0.00395. The van der Waals surface area contributed by atoms with Crippen molar-refractivity contribution in [3.63, 3.8) is 0 Å². The highest BCUT2D eigenvalue weighted by Gasteiger charge is 2.64. The highest BCUT2D eigenvalue weighted by molar-refractivity contribution is 5.89. The van der Waals surface area contributed by atoms with Crippen molar-refractivity contribution >= 4 is 5.97 Å². The Kier molecular flexibility index (Phi) is 8.44. The van der Waals surface area contributed by atoms with Crippen LogP contribution in [-0.4, -0.2) is 97.8 Å². The Labute approximate surface area is 260 Å². The summed E-state index contributed by atoms with van der Waals surface area (Å²) in [6.07, 6.45) is -0.110. The van der Waals surface area contributed by atoms with Crippen LogP contribution in [0.15, 0.2) is 22.8 Å². The zero-order valence-corrected chi connectivity index (χ0v) is 26.7. The molecule has 0 aromatic heterocycles. The van der Waals surface area contributed by atoms with E-state index in [2.05, 4.69) is 19.9 Å². The van der Waals surface area contributed by atoms with Gasteiger partial charge in [-0.2, -0.15) is 0 Å². The van der Waals surface area contributed by atoms with E-state index in [1.807, 2.05) is 13.8 Å². The van der Waals surface area contributed by atoms with Crippen molar-refractivity contribution < 1.29 is 49.6 Å². The number of carbonyl (C=O) groups is 1. The van der Waals surface area contributed by atoms with E-state index >= 15 is 0 Å². The van der Waals surface area contributed by atoms with Crippen molar-refractivity contribution in [2.75, 3.05) is 6.61 Å². The zero-order chi connectivity index (χ0) is 31.9. The lowest BCUT2D eigenvalue weighted by molar-refractivity contribution is -0.315. The first-order valence-corrected chi connectivity index (χ1v) is 16.6. The molecule has 10 heteroatoms. The second kappa shape index (κ2) is 11.4. The van der Waals surface area contributed by atoms with Gasteiger partial charge in [0.1, 0.15) is 36.1 Å². The number of hydrogen-bond acceptors (Lipinski definition) is 10. The number of hydrogen-bond donors (Lipinski definition) is 6. The van der Waals surface area contributed by atoms with Crippen LogP contribution in [0.2, 0.25) is 0 Å². The van der Waals surface area contributed by atoms with Crippen molar-refractivity contribution in [1.29, 1.82) is 0 Å². The monoisotopic (exact) mass is 620 g/mol. The summed E-state index contributed by atoms with van der Waals surface area (Å²) >= 11 is 0. The Hall–Kier alpha value is -1.37. The third kappa shape index (κ3) is 4.86. The molecule has 0 amide bonds. The molecule has 0 bridgehead atoms. The second-order valence-corrected chi connectivity index (χ2v) is 15.4. The van der Waals surface area contributed by atoms with Gasteiger partial charge in [-0.25, -0.2) is 4.79 Å². The number of aliphatic hydroxyl groups is 6. The van der Waals surface area contributed by atoms with Crippen molar-refractivity contribution in [3.05, 3.63) is 22.8 Å². The number of carbonyl (C=O) groups excluding carboxylic acids is 1. The van der Waals surface area contributed by atoms with Crippen LogP contribution in [0.4, 0.5) is 0 Å². The van der Waals surface area contributed by atoms with Crippen molar-refractivity contribution in [3.8, 4) is 0 Å². The van der Waals surface area contributed by atoms with Crippen LogP contribution in [0, 0.1) is 34.5 Å². The van der Waals surface area contributed by atoms with Crippen LogP contribution in [0.1, 0.15) is 86.0 Å². The van der Waals surface area contributed by atoms with Gasteiger partial charge < -0.3 is 44.8 Å². The smallest absolute Gasteiger partial charge is 0.334 e. The third-order valence-corrected chi connectivity index (χ3v) is 13.4. The normalized spacial score (nSPS) is 50.6. The average molecular weight is 621 g/mol. The first-order valence-electron chi connectivity index (χ1n) is 16.6. The third-order valence-electron chi connectivity index (χ3n) is 13.4. The van der Waals surface area contributed by atoms with Gasteiger partial charge in [-0.05, 0) is 88.4 Å². The van der Waals surface area contributed by atoms with Gasteiger partial charge in [-0.15, -0.1) is 0 Å². The van der Waals surface area contributed by atoms with E-state index in [-0.39, 0.29) is 23.2 Å². The largest absolute Gasteiger partial charge is 0.456 e. The van der Waals surface area contributed by atoms with E-state index < -0.39 is 66.6 Å². The molecular weight excluding hydrogens is 568 g/mol. The summed E-state index contributed by atoms with van der Waals surface area (Å²) < 4.78 is 17.5. The topological polar surface area (TPSA) is 166 Å². The maximum absolute atomic E-state index is 12.6. The Morgan fingerprint density at radius 3 is 2.43 bits per heavy atom. The van der Waals surface area contributed by atoms with Gasteiger partial charge in [-0.1, -0.05) is 31.1 Å². The fraction of sp³-hybridized carbons (Fsp3) is 0.853. The summed E-state index contributed by atoms with van der Waals surface area (Å²) in [5.41, 5.74) is 1.07. The van der Waals surface area contributed by atoms with Crippen molar-refractivity contribution in [2.45, 2.75) is 141 Å². The number of aliphatic hydroxyl groups excluding tert-OH is 5. The van der Waals surface area contributed by atoms with Crippen LogP contribution in [0.25, 0.3) is 0 Å². The van der Waals surface area contributed by atoms with Crippen LogP contribution in [0.5, 0.6) is 0 Å². The van der Waals surface area contributed by atoms with Gasteiger partial charge in [0.25, 0.3) is 0 Å². The molecule has 3 saturated carbocycles. The van der Waals surface area contributed by atoms with E-state index in [0.29, 0.717) is 36.7 Å². The molecule has 4 fully saturated rings. The van der Waals surface area contributed by atoms with Gasteiger partial charge in [0, 0.05) is 23.8 Å². The molecule has 6 rings (SSSR count). The quantitative estimate of drug-likeness (QED) is 0.198. The highest BCUT2D eigenvalue weighted by atomic mass is 16.7. The minimum atomic E-state index is -1.51. The van der Waals surface area contributed by atoms with Crippen LogP contribution in [0.3, 0.4) is 0 Å². The van der Waals surface area contributed by atoms with Gasteiger partial charge >= 0.3 is 5.97 Å². The Morgan fingerprint density at radius 1 is 1.02 bits per heavy atom. The molecule has 0 radical (unpaired) electrons. The Morgan fingerprint density at radius 2 is 1.75 bits per heavy atom. The molecule has 2 unspecified atom stereocenters. The average Bonchev–Trinajstić information content (AvgIpc) is 3.34. The molecule has 248 valence electrons. The molecule has 4 aliphatic carbocycles. The van der Waals surface area contributed by atoms with Crippen LogP contribution in [-0.2, 0) is 19.0 Å². The number of allylic oxidation sites excluding steroid dienone is 1. The van der Waals surface area contributed by atoms with E-state index in [0.717, 1.165) is 43.3 Å². The molecule has 6 N–H and O–H groups in total. The standard InChI is InChI=1S/C34H52O10/c1-16-12-26(44-30(40)17(16)2)34(5,41)24-9-8-21-20-7-6-18-13-19(42-31-29(39)28(38)27(37)23(15-35)43-31)14-25(36)33(18,4)22(20)10-11-32(21,24)3/h6,19-29,31,35-39,41H,7-15H2,1-5H3/t19-,20+,21+,22+,23-,24+,25?,26?,27-,28+,29-,31-,32+,33+,34-/m1/s1. The lowest BCUT2D eigenvalue weighted by atomic mass is 9.46. The molecule has 44 heavy (non-hydrogen) atoms. The van der Waals surface area contributed by atoms with Gasteiger partial charge in [0.2, 0.25) is 0 Å². The van der Waals surface area contributed by atoms with E-state index in [1.165, 1.54) is 0 Å². The molecule has 10 nitrogen and oxygen atoms in total. The minimum Gasteiger partial charge on any atom is -0.456 e. The van der Waals surface area contributed by atoms with E-state index in [4.69, 9.17) is 14.2 Å². The molecule has 15 atom stereocenters. The number of rotatable bonds is 5. The second-order valence-electron chi connectivity index (χ2n) is 15.4.